The molecule has 0 bridgehead atoms. The highest BCUT2D eigenvalue weighted by Gasteiger charge is 2.26. The lowest BCUT2D eigenvalue weighted by atomic mass is 9.96. The van der Waals surface area contributed by atoms with E-state index in [0.29, 0.717) is 5.92 Å². The van der Waals surface area contributed by atoms with Gasteiger partial charge in [0.05, 0.1) is 12.2 Å². The number of rotatable bonds is 3. The van der Waals surface area contributed by atoms with Crippen molar-refractivity contribution < 1.29 is 9.84 Å². The van der Waals surface area contributed by atoms with Gasteiger partial charge in [-0.15, -0.1) is 0 Å². The molecule has 1 aliphatic carbocycles. The van der Waals surface area contributed by atoms with Crippen molar-refractivity contribution in [1.29, 1.82) is 0 Å². The van der Waals surface area contributed by atoms with E-state index in [4.69, 9.17) is 4.74 Å². The number of benzene rings is 1. The second kappa shape index (κ2) is 4.88. The third-order valence-electron chi connectivity index (χ3n) is 3.14. The van der Waals surface area contributed by atoms with Crippen LogP contribution in [0.1, 0.15) is 44.6 Å². The van der Waals surface area contributed by atoms with E-state index in [1.165, 1.54) is 5.56 Å². The molecule has 0 spiro atoms. The number of hydrogen-bond donors (Lipinski definition) is 1. The SMILES string of the molecule is CC(C)Oc1cccc([C@H]2CCC[C@@H]2O)c1. The quantitative estimate of drug-likeness (QED) is 0.848. The molecule has 1 aromatic carbocycles. The zero-order valence-electron chi connectivity index (χ0n) is 10.0. The van der Waals surface area contributed by atoms with Crippen LogP contribution in [0.2, 0.25) is 0 Å². The Bertz CT molecular complexity index is 346. The molecule has 1 aliphatic rings. The molecule has 2 atom stereocenters. The fourth-order valence-electron chi connectivity index (χ4n) is 2.42. The predicted molar refractivity (Wildman–Crippen MR) is 64.8 cm³/mol. The molecule has 0 unspecified atom stereocenters. The minimum Gasteiger partial charge on any atom is -0.491 e. The fraction of sp³-hybridized carbons (Fsp3) is 0.571. The van der Waals surface area contributed by atoms with E-state index in [2.05, 4.69) is 12.1 Å². The van der Waals surface area contributed by atoms with E-state index in [1.807, 2.05) is 26.0 Å². The molecule has 0 amide bonds. The Balaban J connectivity index is 2.15. The van der Waals surface area contributed by atoms with Crippen molar-refractivity contribution in [2.75, 3.05) is 0 Å². The highest BCUT2D eigenvalue weighted by Crippen LogP contribution is 2.35. The van der Waals surface area contributed by atoms with Crippen LogP contribution >= 0.6 is 0 Å². The van der Waals surface area contributed by atoms with Crippen molar-refractivity contribution in [3.8, 4) is 5.75 Å². The van der Waals surface area contributed by atoms with Crippen LogP contribution in [0.5, 0.6) is 5.75 Å². The van der Waals surface area contributed by atoms with E-state index in [1.54, 1.807) is 0 Å². The summed E-state index contributed by atoms with van der Waals surface area (Å²) in [6.45, 7) is 4.05. The van der Waals surface area contributed by atoms with E-state index in [9.17, 15) is 5.11 Å². The van der Waals surface area contributed by atoms with Gasteiger partial charge in [0.15, 0.2) is 0 Å². The van der Waals surface area contributed by atoms with Gasteiger partial charge >= 0.3 is 0 Å². The molecular formula is C14H20O2. The van der Waals surface area contributed by atoms with Gasteiger partial charge in [0, 0.05) is 5.92 Å². The van der Waals surface area contributed by atoms with Crippen LogP contribution in [0.25, 0.3) is 0 Å². The van der Waals surface area contributed by atoms with Gasteiger partial charge in [-0.25, -0.2) is 0 Å². The number of aliphatic hydroxyl groups is 1. The topological polar surface area (TPSA) is 29.5 Å². The van der Waals surface area contributed by atoms with Gasteiger partial charge in [-0.2, -0.15) is 0 Å². The van der Waals surface area contributed by atoms with Crippen LogP contribution < -0.4 is 4.74 Å². The number of hydrogen-bond acceptors (Lipinski definition) is 2. The molecule has 1 saturated carbocycles. The summed E-state index contributed by atoms with van der Waals surface area (Å²) < 4.78 is 5.67. The van der Waals surface area contributed by atoms with Crippen molar-refractivity contribution in [3.63, 3.8) is 0 Å². The fourth-order valence-corrected chi connectivity index (χ4v) is 2.42. The first-order chi connectivity index (χ1) is 7.66. The highest BCUT2D eigenvalue weighted by molar-refractivity contribution is 5.32. The molecule has 88 valence electrons. The number of ether oxygens (including phenoxy) is 1. The maximum absolute atomic E-state index is 9.87. The smallest absolute Gasteiger partial charge is 0.119 e. The lowest BCUT2D eigenvalue weighted by Gasteiger charge is -2.17. The average molecular weight is 220 g/mol. The Morgan fingerprint density at radius 2 is 2.12 bits per heavy atom. The van der Waals surface area contributed by atoms with Crippen LogP contribution in [0, 0.1) is 0 Å². The zero-order chi connectivity index (χ0) is 11.5. The third kappa shape index (κ3) is 2.56. The Kier molecular flexibility index (Phi) is 3.49. The molecule has 0 heterocycles. The summed E-state index contributed by atoms with van der Waals surface area (Å²) in [5.74, 6) is 1.21. The van der Waals surface area contributed by atoms with E-state index < -0.39 is 0 Å². The summed E-state index contributed by atoms with van der Waals surface area (Å²) in [4.78, 5) is 0. The number of aliphatic hydroxyl groups excluding tert-OH is 1. The zero-order valence-corrected chi connectivity index (χ0v) is 10.0. The lowest BCUT2D eigenvalue weighted by molar-refractivity contribution is 0.163. The average Bonchev–Trinajstić information content (AvgIpc) is 2.64. The van der Waals surface area contributed by atoms with Gasteiger partial charge in [-0.05, 0) is 44.4 Å². The van der Waals surface area contributed by atoms with Gasteiger partial charge in [-0.3, -0.25) is 0 Å². The second-order valence-corrected chi connectivity index (χ2v) is 4.84. The van der Waals surface area contributed by atoms with Gasteiger partial charge in [0.25, 0.3) is 0 Å². The molecule has 0 radical (unpaired) electrons. The molecule has 1 fully saturated rings. The van der Waals surface area contributed by atoms with Gasteiger partial charge in [0.2, 0.25) is 0 Å². The largest absolute Gasteiger partial charge is 0.491 e. The first kappa shape index (κ1) is 11.5. The normalized spacial score (nSPS) is 25.0. The Hall–Kier alpha value is -1.02. The first-order valence-electron chi connectivity index (χ1n) is 6.11. The summed E-state index contributed by atoms with van der Waals surface area (Å²) in [6.07, 6.45) is 3.17. The summed E-state index contributed by atoms with van der Waals surface area (Å²) in [5, 5.41) is 9.87. The van der Waals surface area contributed by atoms with Crippen molar-refractivity contribution in [1.82, 2.24) is 0 Å². The lowest BCUT2D eigenvalue weighted by Crippen LogP contribution is -2.11. The van der Waals surface area contributed by atoms with Crippen molar-refractivity contribution in [2.45, 2.75) is 51.2 Å². The molecule has 2 nitrogen and oxygen atoms in total. The van der Waals surface area contributed by atoms with E-state index in [-0.39, 0.29) is 12.2 Å². The molecular weight excluding hydrogens is 200 g/mol. The van der Waals surface area contributed by atoms with Crippen molar-refractivity contribution in [2.24, 2.45) is 0 Å². The molecule has 2 rings (SSSR count). The Morgan fingerprint density at radius 3 is 2.75 bits per heavy atom. The molecule has 0 saturated heterocycles. The van der Waals surface area contributed by atoms with Crippen LogP contribution in [-0.4, -0.2) is 17.3 Å². The molecule has 0 aliphatic heterocycles. The molecule has 1 N–H and O–H groups in total. The van der Waals surface area contributed by atoms with Crippen molar-refractivity contribution >= 4 is 0 Å². The van der Waals surface area contributed by atoms with E-state index in [0.717, 1.165) is 25.0 Å². The molecule has 1 aromatic rings. The Labute approximate surface area is 97.3 Å². The van der Waals surface area contributed by atoms with Crippen LogP contribution in [0.3, 0.4) is 0 Å². The maximum Gasteiger partial charge on any atom is 0.119 e. The summed E-state index contributed by atoms with van der Waals surface area (Å²) in [6, 6.07) is 8.15. The van der Waals surface area contributed by atoms with Crippen LogP contribution in [0.15, 0.2) is 24.3 Å². The first-order valence-corrected chi connectivity index (χ1v) is 6.11. The molecule has 0 aromatic heterocycles. The van der Waals surface area contributed by atoms with Crippen LogP contribution in [-0.2, 0) is 0 Å². The van der Waals surface area contributed by atoms with E-state index >= 15 is 0 Å². The summed E-state index contributed by atoms with van der Waals surface area (Å²) in [7, 11) is 0. The van der Waals surface area contributed by atoms with Gasteiger partial charge < -0.3 is 9.84 Å². The standard InChI is InChI=1S/C14H20O2/c1-10(2)16-12-6-3-5-11(9-12)13-7-4-8-14(13)15/h3,5-6,9-10,13-15H,4,7-8H2,1-2H3/t13-,14+/m1/s1. The summed E-state index contributed by atoms with van der Waals surface area (Å²) in [5.41, 5.74) is 1.21. The molecule has 16 heavy (non-hydrogen) atoms. The maximum atomic E-state index is 9.87. The third-order valence-corrected chi connectivity index (χ3v) is 3.14. The van der Waals surface area contributed by atoms with Crippen molar-refractivity contribution in [3.05, 3.63) is 29.8 Å². The van der Waals surface area contributed by atoms with Crippen LogP contribution in [0.4, 0.5) is 0 Å². The molecule has 2 heteroatoms. The predicted octanol–water partition coefficient (Wildman–Crippen LogP) is 3.10. The van der Waals surface area contributed by atoms with Gasteiger partial charge in [0.1, 0.15) is 5.75 Å². The minimum atomic E-state index is -0.172. The Morgan fingerprint density at radius 1 is 1.31 bits per heavy atom. The minimum absolute atomic E-state index is 0.172. The second-order valence-electron chi connectivity index (χ2n) is 4.84. The monoisotopic (exact) mass is 220 g/mol. The highest BCUT2D eigenvalue weighted by atomic mass is 16.5. The van der Waals surface area contributed by atoms with Gasteiger partial charge in [-0.1, -0.05) is 18.6 Å². The summed E-state index contributed by atoms with van der Waals surface area (Å²) >= 11 is 0.